The summed E-state index contributed by atoms with van der Waals surface area (Å²) in [4.78, 5) is 25.8. The average molecular weight is 491 g/mol. The highest BCUT2D eigenvalue weighted by Gasteiger charge is 2.36. The molecule has 0 radical (unpaired) electrons. The van der Waals surface area contributed by atoms with Gasteiger partial charge in [0, 0.05) is 25.7 Å². The van der Waals surface area contributed by atoms with E-state index >= 15 is 4.39 Å². The third-order valence-corrected chi connectivity index (χ3v) is 5.60. The number of alkyl halides is 3. The van der Waals surface area contributed by atoms with E-state index in [-0.39, 0.29) is 17.9 Å². The quantitative estimate of drug-likeness (QED) is 0.468. The van der Waals surface area contributed by atoms with Crippen molar-refractivity contribution in [2.24, 2.45) is 0 Å². The minimum Gasteiger partial charge on any atom is -0.465 e. The smallest absolute Gasteiger partial charge is 0.435 e. The number of fused-ring (bicyclic) bond motifs is 1. The van der Waals surface area contributed by atoms with Crippen LogP contribution in [0.15, 0.2) is 42.5 Å². The van der Waals surface area contributed by atoms with E-state index in [1.54, 1.807) is 12.1 Å². The molecule has 0 unspecified atom stereocenters. The number of carboxylic acid groups (broad SMARTS) is 1. The zero-order chi connectivity index (χ0) is 25.3. The molecular weight excluding hydrogens is 470 g/mol. The molecule has 0 saturated heterocycles. The Morgan fingerprint density at radius 1 is 1.17 bits per heavy atom. The largest absolute Gasteiger partial charge is 0.465 e. The number of benzene rings is 2. The van der Waals surface area contributed by atoms with Crippen LogP contribution in [0.5, 0.6) is 0 Å². The number of nitrogens with one attached hydrogen (secondary N) is 2. The minimum absolute atomic E-state index is 0.101. The first kappa shape index (κ1) is 24.2. The monoisotopic (exact) mass is 491 g/mol. The third-order valence-electron chi connectivity index (χ3n) is 5.60. The lowest BCUT2D eigenvalue weighted by molar-refractivity contribution is -0.141. The van der Waals surface area contributed by atoms with E-state index < -0.39 is 35.4 Å². The van der Waals surface area contributed by atoms with Crippen LogP contribution in [0.25, 0.3) is 5.69 Å². The van der Waals surface area contributed by atoms with Crippen molar-refractivity contribution < 1.29 is 32.3 Å². The summed E-state index contributed by atoms with van der Waals surface area (Å²) in [5, 5.41) is 16.9. The molecule has 0 aliphatic carbocycles. The molecule has 1 aliphatic heterocycles. The fourth-order valence-electron chi connectivity index (χ4n) is 3.89. The number of halogens is 4. The van der Waals surface area contributed by atoms with Gasteiger partial charge in [-0.3, -0.25) is 4.79 Å². The van der Waals surface area contributed by atoms with E-state index in [0.29, 0.717) is 36.7 Å². The summed E-state index contributed by atoms with van der Waals surface area (Å²) in [5.41, 5.74) is -0.119. The molecule has 2 amide bonds. The Morgan fingerprint density at radius 3 is 2.66 bits per heavy atom. The second-order valence-electron chi connectivity index (χ2n) is 8.16. The molecule has 0 saturated carbocycles. The first-order valence-electron chi connectivity index (χ1n) is 10.6. The molecule has 0 bridgehead atoms. The lowest BCUT2D eigenvalue weighted by atomic mass is 9.98. The van der Waals surface area contributed by atoms with Gasteiger partial charge in [0.2, 0.25) is 0 Å². The third kappa shape index (κ3) is 5.27. The fraction of sp³-hybridized carbons (Fsp3) is 0.261. The molecular formula is C23H21F4N5O3. The van der Waals surface area contributed by atoms with Crippen LogP contribution in [0.2, 0.25) is 0 Å². The lowest BCUT2D eigenvalue weighted by Crippen LogP contribution is -2.27. The Kier molecular flexibility index (Phi) is 6.48. The molecule has 1 aromatic heterocycles. The Bertz CT molecular complexity index is 1290. The van der Waals surface area contributed by atoms with Gasteiger partial charge < -0.3 is 20.6 Å². The van der Waals surface area contributed by atoms with Crippen LogP contribution in [-0.4, -0.2) is 45.4 Å². The number of anilines is 1. The molecule has 3 N–H and O–H groups in total. The van der Waals surface area contributed by atoms with Gasteiger partial charge in [0.05, 0.1) is 11.4 Å². The summed E-state index contributed by atoms with van der Waals surface area (Å²) < 4.78 is 56.1. The molecule has 2 heterocycles. The summed E-state index contributed by atoms with van der Waals surface area (Å²) >= 11 is 0. The van der Waals surface area contributed by atoms with Crippen molar-refractivity contribution in [1.29, 1.82) is 0 Å². The van der Waals surface area contributed by atoms with Gasteiger partial charge in [-0.25, -0.2) is 13.9 Å². The molecule has 8 nitrogen and oxygen atoms in total. The van der Waals surface area contributed by atoms with E-state index in [1.165, 1.54) is 24.3 Å². The highest BCUT2D eigenvalue weighted by molar-refractivity contribution is 6.03. The second-order valence-corrected chi connectivity index (χ2v) is 8.16. The number of nitrogens with zero attached hydrogens (tertiary/aromatic N) is 3. The van der Waals surface area contributed by atoms with E-state index in [9.17, 15) is 22.8 Å². The van der Waals surface area contributed by atoms with Crippen molar-refractivity contribution in [3.8, 4) is 5.69 Å². The van der Waals surface area contributed by atoms with Crippen LogP contribution in [0.3, 0.4) is 0 Å². The van der Waals surface area contributed by atoms with Crippen molar-refractivity contribution >= 4 is 17.7 Å². The molecule has 0 fully saturated rings. The summed E-state index contributed by atoms with van der Waals surface area (Å²) in [6.45, 7) is 1.08. The van der Waals surface area contributed by atoms with Gasteiger partial charge in [-0.2, -0.15) is 18.3 Å². The number of carbonyl (C=O) groups is 2. The maximum atomic E-state index is 15.1. The van der Waals surface area contributed by atoms with E-state index in [2.05, 4.69) is 15.7 Å². The Morgan fingerprint density at radius 2 is 1.94 bits per heavy atom. The summed E-state index contributed by atoms with van der Waals surface area (Å²) in [6, 6.07) is 9.52. The predicted octanol–water partition coefficient (Wildman–Crippen LogP) is 4.04. The molecule has 4 rings (SSSR count). The van der Waals surface area contributed by atoms with E-state index in [0.717, 1.165) is 10.2 Å². The number of rotatable bonds is 5. The van der Waals surface area contributed by atoms with E-state index in [4.69, 9.17) is 5.11 Å². The molecule has 0 spiro atoms. The maximum Gasteiger partial charge on any atom is 0.435 e. The van der Waals surface area contributed by atoms with Crippen LogP contribution in [0, 0.1) is 5.82 Å². The highest BCUT2D eigenvalue weighted by Crippen LogP contribution is 2.31. The zero-order valence-electron chi connectivity index (χ0n) is 18.5. The molecule has 35 heavy (non-hydrogen) atoms. The molecule has 184 valence electrons. The zero-order valence-corrected chi connectivity index (χ0v) is 18.5. The number of carbonyl (C=O) groups excluding carboxylic acids is 1. The Labute approximate surface area is 197 Å². The van der Waals surface area contributed by atoms with Crippen molar-refractivity contribution in [3.63, 3.8) is 0 Å². The summed E-state index contributed by atoms with van der Waals surface area (Å²) in [7, 11) is 1.91. The second kappa shape index (κ2) is 9.37. The average Bonchev–Trinajstić information content (AvgIpc) is 3.26. The summed E-state index contributed by atoms with van der Waals surface area (Å²) in [5.74, 6) is -1.60. The van der Waals surface area contributed by atoms with Crippen LogP contribution >= 0.6 is 0 Å². The van der Waals surface area contributed by atoms with Crippen LogP contribution in [-0.2, 0) is 25.7 Å². The minimum atomic E-state index is -4.83. The van der Waals surface area contributed by atoms with Crippen molar-refractivity contribution in [1.82, 2.24) is 20.0 Å². The van der Waals surface area contributed by atoms with Gasteiger partial charge in [0.15, 0.2) is 5.69 Å². The first-order valence-corrected chi connectivity index (χ1v) is 10.6. The van der Waals surface area contributed by atoms with Crippen molar-refractivity contribution in [3.05, 3.63) is 76.4 Å². The molecule has 0 atom stereocenters. The Hall–Kier alpha value is -3.93. The van der Waals surface area contributed by atoms with Crippen LogP contribution in [0.4, 0.5) is 28.0 Å². The van der Waals surface area contributed by atoms with Gasteiger partial charge in [-0.05, 0) is 48.4 Å². The van der Waals surface area contributed by atoms with Crippen LogP contribution in [0.1, 0.15) is 32.9 Å². The number of aromatic nitrogens is 2. The van der Waals surface area contributed by atoms with Crippen molar-refractivity contribution in [2.75, 3.05) is 18.9 Å². The number of amides is 2. The predicted molar refractivity (Wildman–Crippen MR) is 118 cm³/mol. The number of hydrogen-bond acceptors (Lipinski definition) is 4. The van der Waals surface area contributed by atoms with Gasteiger partial charge in [-0.15, -0.1) is 0 Å². The van der Waals surface area contributed by atoms with Crippen LogP contribution < -0.4 is 10.6 Å². The molecule has 3 aromatic rings. The normalized spacial score (nSPS) is 13.9. The van der Waals surface area contributed by atoms with Crippen molar-refractivity contribution in [2.45, 2.75) is 25.7 Å². The fourth-order valence-corrected chi connectivity index (χ4v) is 3.89. The summed E-state index contributed by atoms with van der Waals surface area (Å²) in [6.07, 6.45) is -5.66. The highest BCUT2D eigenvalue weighted by atomic mass is 19.4. The van der Waals surface area contributed by atoms with Gasteiger partial charge in [0.1, 0.15) is 11.5 Å². The van der Waals surface area contributed by atoms with Gasteiger partial charge in [-0.1, -0.05) is 18.2 Å². The first-order chi connectivity index (χ1) is 16.5. The molecule has 12 heteroatoms. The standard InChI is InChI=1S/C23H21F4N5O3/c1-31-8-7-16-14(12-31)5-6-17(20(16)24)29-21(33)18-10-19(23(25,26)27)30-32(18)15-4-2-3-13(9-15)11-28-22(34)35/h2-6,9-10,28H,7-8,11-12H2,1H3,(H,29,33)(H,34,35). The topological polar surface area (TPSA) is 99.5 Å². The van der Waals surface area contributed by atoms with Gasteiger partial charge >= 0.3 is 12.3 Å². The number of hydrogen-bond donors (Lipinski definition) is 3. The van der Waals surface area contributed by atoms with Gasteiger partial charge in [0.25, 0.3) is 5.91 Å². The molecule has 2 aromatic carbocycles. The number of likely N-dealkylation sites (N-methyl/N-ethyl adjacent to an activating group) is 1. The maximum absolute atomic E-state index is 15.1. The lowest BCUT2D eigenvalue weighted by Gasteiger charge is -2.26. The Balaban J connectivity index is 1.68. The molecule has 1 aliphatic rings. The van der Waals surface area contributed by atoms with E-state index in [1.807, 2.05) is 11.9 Å². The SMILES string of the molecule is CN1CCc2c(ccc(NC(=O)c3cc(C(F)(F)F)nn3-c3cccc(CNC(=O)O)c3)c2F)C1.